The lowest BCUT2D eigenvalue weighted by atomic mass is 9.96. The van der Waals surface area contributed by atoms with Crippen LogP contribution in [-0.2, 0) is 9.59 Å². The van der Waals surface area contributed by atoms with Gasteiger partial charge >= 0.3 is 0 Å². The molecule has 1 saturated heterocycles. The van der Waals surface area contributed by atoms with Gasteiger partial charge < -0.3 is 10.2 Å². The Balaban J connectivity index is 1.84. The van der Waals surface area contributed by atoms with Crippen molar-refractivity contribution in [3.8, 4) is 0 Å². The van der Waals surface area contributed by atoms with E-state index < -0.39 is 5.41 Å². The van der Waals surface area contributed by atoms with E-state index in [4.69, 9.17) is 0 Å². The van der Waals surface area contributed by atoms with E-state index in [0.29, 0.717) is 13.0 Å². The Labute approximate surface area is 130 Å². The lowest BCUT2D eigenvalue weighted by Crippen LogP contribution is -2.38. The molecule has 1 fully saturated rings. The van der Waals surface area contributed by atoms with E-state index in [0.717, 1.165) is 19.4 Å². The summed E-state index contributed by atoms with van der Waals surface area (Å²) in [5.74, 6) is 0.131. The summed E-state index contributed by atoms with van der Waals surface area (Å²) in [5.41, 5.74) is -0.407. The zero-order valence-corrected chi connectivity index (χ0v) is 13.8. The second-order valence-corrected chi connectivity index (χ2v) is 7.50. The normalized spacial score (nSPS) is 18.8. The highest BCUT2D eigenvalue weighted by Crippen LogP contribution is 2.34. The topological polar surface area (TPSA) is 49.4 Å². The molecule has 2 amide bonds. The zero-order chi connectivity index (χ0) is 15.5. The molecule has 0 saturated carbocycles. The number of carbonyl (C=O) groups is 2. The summed E-state index contributed by atoms with van der Waals surface area (Å²) in [6.07, 6.45) is 2.48. The van der Waals surface area contributed by atoms with Crippen LogP contribution in [-0.4, -0.2) is 29.8 Å². The van der Waals surface area contributed by atoms with Crippen LogP contribution in [0.25, 0.3) is 0 Å². The maximum Gasteiger partial charge on any atom is 0.225 e. The molecular weight excluding hydrogens is 284 g/mol. The molecule has 116 valence electrons. The molecule has 5 heteroatoms. The van der Waals surface area contributed by atoms with Crippen LogP contribution in [0.1, 0.15) is 51.0 Å². The van der Waals surface area contributed by atoms with Crippen molar-refractivity contribution in [3.05, 3.63) is 22.4 Å². The number of rotatable bonds is 4. The van der Waals surface area contributed by atoms with Gasteiger partial charge in [0.2, 0.25) is 11.8 Å². The van der Waals surface area contributed by atoms with E-state index in [-0.39, 0.29) is 17.9 Å². The van der Waals surface area contributed by atoms with Crippen LogP contribution in [0.2, 0.25) is 0 Å². The second kappa shape index (κ2) is 6.60. The van der Waals surface area contributed by atoms with Crippen molar-refractivity contribution in [1.82, 2.24) is 10.2 Å². The van der Waals surface area contributed by atoms with Gasteiger partial charge in [-0.3, -0.25) is 9.59 Å². The average Bonchev–Trinajstić information content (AvgIpc) is 3.07. The number of nitrogens with one attached hydrogen (secondary N) is 1. The van der Waals surface area contributed by atoms with Gasteiger partial charge in [0.1, 0.15) is 0 Å². The van der Waals surface area contributed by atoms with Gasteiger partial charge in [-0.05, 0) is 24.3 Å². The molecule has 0 radical (unpaired) electrons. The molecule has 0 aliphatic carbocycles. The summed E-state index contributed by atoms with van der Waals surface area (Å²) in [6.45, 7) is 6.86. The van der Waals surface area contributed by atoms with Crippen LogP contribution in [0.15, 0.2) is 17.5 Å². The number of hydrogen-bond donors (Lipinski definition) is 1. The Morgan fingerprint density at radius 3 is 2.81 bits per heavy atom. The molecule has 1 aromatic rings. The van der Waals surface area contributed by atoms with Gasteiger partial charge in [-0.2, -0.15) is 0 Å². The SMILES string of the molecule is CC(C)(C)C(=O)NCCC(=O)N1CCCC1c1cccs1. The average molecular weight is 308 g/mol. The molecule has 2 rings (SSSR count). The molecule has 21 heavy (non-hydrogen) atoms. The minimum atomic E-state index is -0.407. The van der Waals surface area contributed by atoms with Crippen LogP contribution in [0.5, 0.6) is 0 Å². The molecule has 0 bridgehead atoms. The van der Waals surface area contributed by atoms with E-state index in [9.17, 15) is 9.59 Å². The van der Waals surface area contributed by atoms with Crippen molar-refractivity contribution < 1.29 is 9.59 Å². The third kappa shape index (κ3) is 4.06. The van der Waals surface area contributed by atoms with Crippen LogP contribution in [0.4, 0.5) is 0 Å². The highest BCUT2D eigenvalue weighted by Gasteiger charge is 2.30. The third-order valence-corrected chi connectivity index (χ3v) is 4.72. The first-order chi connectivity index (χ1) is 9.89. The first-order valence-corrected chi connectivity index (χ1v) is 8.39. The Morgan fingerprint density at radius 2 is 2.19 bits per heavy atom. The summed E-state index contributed by atoms with van der Waals surface area (Å²) < 4.78 is 0. The number of amides is 2. The molecule has 1 aromatic heterocycles. The van der Waals surface area contributed by atoms with E-state index >= 15 is 0 Å². The van der Waals surface area contributed by atoms with E-state index in [1.165, 1.54) is 4.88 Å². The van der Waals surface area contributed by atoms with Crippen molar-refractivity contribution in [2.75, 3.05) is 13.1 Å². The number of hydrogen-bond acceptors (Lipinski definition) is 3. The summed E-state index contributed by atoms with van der Waals surface area (Å²) in [4.78, 5) is 27.4. The van der Waals surface area contributed by atoms with Crippen molar-refractivity contribution in [2.45, 2.75) is 46.1 Å². The van der Waals surface area contributed by atoms with E-state index in [2.05, 4.69) is 16.8 Å². The summed E-state index contributed by atoms with van der Waals surface area (Å²) in [7, 11) is 0. The Kier molecular flexibility index (Phi) is 5.04. The van der Waals surface area contributed by atoms with E-state index in [1.807, 2.05) is 31.7 Å². The molecule has 2 heterocycles. The van der Waals surface area contributed by atoms with Crippen LogP contribution >= 0.6 is 11.3 Å². The number of thiophene rings is 1. The number of carbonyl (C=O) groups excluding carboxylic acids is 2. The minimum absolute atomic E-state index is 0.00784. The predicted molar refractivity (Wildman–Crippen MR) is 85.1 cm³/mol. The van der Waals surface area contributed by atoms with Gasteiger partial charge in [-0.15, -0.1) is 11.3 Å². The molecule has 1 aliphatic rings. The molecule has 4 nitrogen and oxygen atoms in total. The van der Waals surface area contributed by atoms with Gasteiger partial charge in [0.05, 0.1) is 6.04 Å². The summed E-state index contributed by atoms with van der Waals surface area (Å²) >= 11 is 1.71. The Morgan fingerprint density at radius 1 is 1.43 bits per heavy atom. The summed E-state index contributed by atoms with van der Waals surface area (Å²) in [6, 6.07) is 4.36. The van der Waals surface area contributed by atoms with E-state index in [1.54, 1.807) is 11.3 Å². The van der Waals surface area contributed by atoms with Crippen molar-refractivity contribution >= 4 is 23.2 Å². The Hall–Kier alpha value is -1.36. The molecule has 1 atom stereocenters. The van der Waals surface area contributed by atoms with Crippen molar-refractivity contribution in [2.24, 2.45) is 5.41 Å². The fourth-order valence-corrected chi connectivity index (χ4v) is 3.41. The van der Waals surface area contributed by atoms with Gasteiger partial charge in [0.25, 0.3) is 0 Å². The number of likely N-dealkylation sites (tertiary alicyclic amines) is 1. The van der Waals surface area contributed by atoms with Crippen LogP contribution in [0.3, 0.4) is 0 Å². The highest BCUT2D eigenvalue weighted by molar-refractivity contribution is 7.10. The zero-order valence-electron chi connectivity index (χ0n) is 13.0. The maximum atomic E-state index is 12.4. The largest absolute Gasteiger partial charge is 0.355 e. The predicted octanol–water partition coefficient (Wildman–Crippen LogP) is 2.96. The minimum Gasteiger partial charge on any atom is -0.355 e. The third-order valence-electron chi connectivity index (χ3n) is 3.75. The standard InChI is InChI=1S/C16H24N2O2S/c1-16(2,3)15(20)17-9-8-14(19)18-10-4-6-12(18)13-7-5-11-21-13/h5,7,11-12H,4,6,8-10H2,1-3H3,(H,17,20). The molecule has 1 unspecified atom stereocenters. The maximum absolute atomic E-state index is 12.4. The first kappa shape index (κ1) is 16.0. The van der Waals surface area contributed by atoms with Gasteiger partial charge in [-0.25, -0.2) is 0 Å². The monoisotopic (exact) mass is 308 g/mol. The van der Waals surface area contributed by atoms with Crippen molar-refractivity contribution in [1.29, 1.82) is 0 Å². The fourth-order valence-electron chi connectivity index (χ4n) is 2.53. The highest BCUT2D eigenvalue weighted by atomic mass is 32.1. The molecule has 1 N–H and O–H groups in total. The summed E-state index contributed by atoms with van der Waals surface area (Å²) in [5, 5.41) is 4.90. The van der Waals surface area contributed by atoms with Gasteiger partial charge in [-0.1, -0.05) is 26.8 Å². The Bertz CT molecular complexity index is 491. The van der Waals surface area contributed by atoms with Gasteiger partial charge in [0.15, 0.2) is 0 Å². The number of nitrogens with zero attached hydrogens (tertiary/aromatic N) is 1. The fraction of sp³-hybridized carbons (Fsp3) is 0.625. The van der Waals surface area contributed by atoms with Crippen LogP contribution in [0, 0.1) is 5.41 Å². The molecule has 0 spiro atoms. The van der Waals surface area contributed by atoms with Crippen molar-refractivity contribution in [3.63, 3.8) is 0 Å². The first-order valence-electron chi connectivity index (χ1n) is 7.51. The molecule has 1 aliphatic heterocycles. The lowest BCUT2D eigenvalue weighted by Gasteiger charge is -2.24. The quantitative estimate of drug-likeness (QED) is 0.929. The smallest absolute Gasteiger partial charge is 0.225 e. The molecular formula is C16H24N2O2S. The van der Waals surface area contributed by atoms with Crippen LogP contribution < -0.4 is 5.32 Å². The second-order valence-electron chi connectivity index (χ2n) is 6.52. The van der Waals surface area contributed by atoms with Gasteiger partial charge in [0, 0.05) is 29.8 Å². The molecule has 0 aromatic carbocycles. The lowest BCUT2D eigenvalue weighted by molar-refractivity contribution is -0.132.